The molecular formula is C14H24N4. The number of hydrogen-bond acceptors (Lipinski definition) is 4. The number of nitrogens with one attached hydrogen (secondary N) is 1. The molecule has 100 valence electrons. The number of aromatic nitrogens is 2. The third-order valence-corrected chi connectivity index (χ3v) is 3.92. The van der Waals surface area contributed by atoms with Gasteiger partial charge in [0.05, 0.1) is 0 Å². The Morgan fingerprint density at radius 1 is 1.39 bits per heavy atom. The van der Waals surface area contributed by atoms with Crippen LogP contribution in [-0.2, 0) is 6.42 Å². The summed E-state index contributed by atoms with van der Waals surface area (Å²) < 4.78 is 0. The van der Waals surface area contributed by atoms with Crippen LogP contribution in [0.5, 0.6) is 0 Å². The number of nitrogen functional groups attached to an aromatic ring is 1. The molecule has 0 spiro atoms. The molecule has 2 rings (SSSR count). The van der Waals surface area contributed by atoms with Gasteiger partial charge in [0.2, 0.25) is 0 Å². The molecule has 18 heavy (non-hydrogen) atoms. The van der Waals surface area contributed by atoms with E-state index in [1.165, 1.54) is 19.3 Å². The standard InChI is InChI=1S/C14H24N4/c1-4-6-12-17-13(15)9(2)14(18-12)16-10(3)11-7-5-8-11/h10-11H,4-8H2,1-3H3,(H3,15,16,17,18). The number of nitrogens with zero attached hydrogens (tertiary/aromatic N) is 2. The third-order valence-electron chi connectivity index (χ3n) is 3.92. The molecular weight excluding hydrogens is 224 g/mol. The van der Waals surface area contributed by atoms with Gasteiger partial charge in [0.15, 0.2) is 0 Å². The molecule has 1 aliphatic carbocycles. The minimum Gasteiger partial charge on any atom is -0.383 e. The highest BCUT2D eigenvalue weighted by molar-refractivity contribution is 5.55. The normalized spacial score (nSPS) is 17.3. The summed E-state index contributed by atoms with van der Waals surface area (Å²) >= 11 is 0. The molecule has 1 aromatic rings. The molecule has 4 nitrogen and oxygen atoms in total. The highest BCUT2D eigenvalue weighted by Crippen LogP contribution is 2.31. The molecule has 0 aromatic carbocycles. The largest absolute Gasteiger partial charge is 0.383 e. The van der Waals surface area contributed by atoms with Crippen molar-refractivity contribution in [3.05, 3.63) is 11.4 Å². The van der Waals surface area contributed by atoms with Crippen LogP contribution in [0.1, 0.15) is 50.9 Å². The fourth-order valence-electron chi connectivity index (χ4n) is 2.33. The van der Waals surface area contributed by atoms with Gasteiger partial charge in [-0.05, 0) is 39.0 Å². The Kier molecular flexibility index (Phi) is 4.04. The first-order valence-corrected chi connectivity index (χ1v) is 7.01. The van der Waals surface area contributed by atoms with Crippen LogP contribution >= 0.6 is 0 Å². The van der Waals surface area contributed by atoms with Crippen molar-refractivity contribution in [2.45, 2.75) is 58.9 Å². The highest BCUT2D eigenvalue weighted by atomic mass is 15.1. The summed E-state index contributed by atoms with van der Waals surface area (Å²) in [4.78, 5) is 8.94. The van der Waals surface area contributed by atoms with Crippen LogP contribution < -0.4 is 11.1 Å². The van der Waals surface area contributed by atoms with Crippen molar-refractivity contribution in [1.82, 2.24) is 9.97 Å². The molecule has 0 amide bonds. The van der Waals surface area contributed by atoms with E-state index in [0.29, 0.717) is 11.9 Å². The number of hydrogen-bond donors (Lipinski definition) is 2. The summed E-state index contributed by atoms with van der Waals surface area (Å²) in [6.45, 7) is 6.35. The predicted molar refractivity (Wildman–Crippen MR) is 75.6 cm³/mol. The molecule has 0 saturated heterocycles. The van der Waals surface area contributed by atoms with E-state index in [2.05, 4.69) is 29.1 Å². The maximum absolute atomic E-state index is 5.96. The van der Waals surface area contributed by atoms with E-state index >= 15 is 0 Å². The van der Waals surface area contributed by atoms with E-state index in [9.17, 15) is 0 Å². The molecule has 1 unspecified atom stereocenters. The molecule has 1 atom stereocenters. The van der Waals surface area contributed by atoms with Crippen LogP contribution in [0, 0.1) is 12.8 Å². The Bertz CT molecular complexity index is 413. The average Bonchev–Trinajstić information content (AvgIpc) is 2.23. The molecule has 1 heterocycles. The molecule has 0 radical (unpaired) electrons. The lowest BCUT2D eigenvalue weighted by atomic mass is 9.80. The van der Waals surface area contributed by atoms with Crippen LogP contribution in [-0.4, -0.2) is 16.0 Å². The molecule has 1 aliphatic rings. The van der Waals surface area contributed by atoms with Gasteiger partial charge in [-0.25, -0.2) is 9.97 Å². The predicted octanol–water partition coefficient (Wildman–Crippen LogP) is 2.92. The van der Waals surface area contributed by atoms with Gasteiger partial charge < -0.3 is 11.1 Å². The SMILES string of the molecule is CCCc1nc(N)c(C)c(NC(C)C2CCC2)n1. The second kappa shape index (κ2) is 5.55. The molecule has 4 heteroatoms. The molecule has 3 N–H and O–H groups in total. The van der Waals surface area contributed by atoms with Gasteiger partial charge in [0.25, 0.3) is 0 Å². The van der Waals surface area contributed by atoms with Gasteiger partial charge in [-0.15, -0.1) is 0 Å². The van der Waals surface area contributed by atoms with E-state index in [4.69, 9.17) is 5.73 Å². The van der Waals surface area contributed by atoms with Crippen LogP contribution in [0.3, 0.4) is 0 Å². The maximum atomic E-state index is 5.96. The lowest BCUT2D eigenvalue weighted by molar-refractivity contribution is 0.285. The minimum atomic E-state index is 0.473. The lowest BCUT2D eigenvalue weighted by Crippen LogP contribution is -2.31. The molecule has 1 fully saturated rings. The van der Waals surface area contributed by atoms with Crippen LogP contribution in [0.25, 0.3) is 0 Å². The third kappa shape index (κ3) is 2.74. The zero-order valence-corrected chi connectivity index (χ0v) is 11.7. The van der Waals surface area contributed by atoms with Crippen molar-refractivity contribution in [1.29, 1.82) is 0 Å². The fourth-order valence-corrected chi connectivity index (χ4v) is 2.33. The Morgan fingerprint density at radius 3 is 2.67 bits per heavy atom. The maximum Gasteiger partial charge on any atom is 0.134 e. The highest BCUT2D eigenvalue weighted by Gasteiger charge is 2.24. The molecule has 1 aromatic heterocycles. The monoisotopic (exact) mass is 248 g/mol. The minimum absolute atomic E-state index is 0.473. The number of anilines is 2. The first-order chi connectivity index (χ1) is 8.61. The number of rotatable bonds is 5. The van der Waals surface area contributed by atoms with Crippen molar-refractivity contribution >= 4 is 11.6 Å². The fraction of sp³-hybridized carbons (Fsp3) is 0.714. The summed E-state index contributed by atoms with van der Waals surface area (Å²) in [7, 11) is 0. The zero-order chi connectivity index (χ0) is 13.1. The van der Waals surface area contributed by atoms with Gasteiger partial charge in [0, 0.05) is 18.0 Å². The van der Waals surface area contributed by atoms with Crippen molar-refractivity contribution < 1.29 is 0 Å². The molecule has 0 aliphatic heterocycles. The van der Waals surface area contributed by atoms with Gasteiger partial charge in [-0.2, -0.15) is 0 Å². The Labute approximate surface area is 109 Å². The molecule has 0 bridgehead atoms. The summed E-state index contributed by atoms with van der Waals surface area (Å²) in [5.74, 6) is 3.17. The summed E-state index contributed by atoms with van der Waals surface area (Å²) in [6, 6.07) is 0.473. The Hall–Kier alpha value is -1.32. The molecule has 1 saturated carbocycles. The van der Waals surface area contributed by atoms with E-state index in [0.717, 1.165) is 36.0 Å². The van der Waals surface area contributed by atoms with E-state index < -0.39 is 0 Å². The number of nitrogens with two attached hydrogens (primary N) is 1. The first kappa shape index (κ1) is 13.1. The van der Waals surface area contributed by atoms with Crippen LogP contribution in [0.15, 0.2) is 0 Å². The second-order valence-electron chi connectivity index (χ2n) is 5.37. The van der Waals surface area contributed by atoms with E-state index in [1.54, 1.807) is 0 Å². The smallest absolute Gasteiger partial charge is 0.134 e. The average molecular weight is 248 g/mol. The van der Waals surface area contributed by atoms with E-state index in [-0.39, 0.29) is 0 Å². The van der Waals surface area contributed by atoms with Gasteiger partial charge in [-0.1, -0.05) is 13.3 Å². The van der Waals surface area contributed by atoms with E-state index in [1.807, 2.05) is 6.92 Å². The second-order valence-corrected chi connectivity index (χ2v) is 5.37. The first-order valence-electron chi connectivity index (χ1n) is 7.01. The van der Waals surface area contributed by atoms with Crippen LogP contribution in [0.2, 0.25) is 0 Å². The van der Waals surface area contributed by atoms with Gasteiger partial charge >= 0.3 is 0 Å². The quantitative estimate of drug-likeness (QED) is 0.841. The summed E-state index contributed by atoms with van der Waals surface area (Å²) in [5, 5.41) is 3.52. The lowest BCUT2D eigenvalue weighted by Gasteiger charge is -2.32. The van der Waals surface area contributed by atoms with Crippen molar-refractivity contribution in [2.75, 3.05) is 11.1 Å². The van der Waals surface area contributed by atoms with Crippen molar-refractivity contribution in [3.63, 3.8) is 0 Å². The zero-order valence-electron chi connectivity index (χ0n) is 11.7. The summed E-state index contributed by atoms with van der Waals surface area (Å²) in [6.07, 6.45) is 5.95. The van der Waals surface area contributed by atoms with Gasteiger partial charge in [0.1, 0.15) is 17.5 Å². The van der Waals surface area contributed by atoms with Crippen LogP contribution in [0.4, 0.5) is 11.6 Å². The topological polar surface area (TPSA) is 63.8 Å². The number of aryl methyl sites for hydroxylation is 1. The Balaban J connectivity index is 2.14. The van der Waals surface area contributed by atoms with Crippen molar-refractivity contribution in [3.8, 4) is 0 Å². The van der Waals surface area contributed by atoms with Crippen molar-refractivity contribution in [2.24, 2.45) is 5.92 Å². The Morgan fingerprint density at radius 2 is 2.11 bits per heavy atom. The summed E-state index contributed by atoms with van der Waals surface area (Å²) in [5.41, 5.74) is 6.93. The van der Waals surface area contributed by atoms with Gasteiger partial charge in [-0.3, -0.25) is 0 Å².